The molecule has 0 aliphatic rings. The van der Waals surface area contributed by atoms with Gasteiger partial charge in [0.25, 0.3) is 0 Å². The van der Waals surface area contributed by atoms with Gasteiger partial charge in [-0.05, 0) is 67.8 Å². The molecule has 1 heterocycles. The van der Waals surface area contributed by atoms with Gasteiger partial charge in [0.1, 0.15) is 23.4 Å². The molecule has 3 rings (SSSR count). The number of ether oxygens (including phenoxy) is 1. The van der Waals surface area contributed by atoms with Crippen LogP contribution in [0.15, 0.2) is 54.6 Å². The molecule has 0 aliphatic carbocycles. The molecule has 0 aliphatic heterocycles. The highest BCUT2D eigenvalue weighted by atomic mass is 16.5. The molecular formula is C29H37N5O3. The van der Waals surface area contributed by atoms with E-state index in [4.69, 9.17) is 15.6 Å². The lowest BCUT2D eigenvalue weighted by Crippen LogP contribution is -2.22. The van der Waals surface area contributed by atoms with Crippen molar-refractivity contribution in [3.8, 4) is 11.4 Å². The largest absolute Gasteiger partial charge is 0.497 e. The van der Waals surface area contributed by atoms with E-state index >= 15 is 0 Å². The van der Waals surface area contributed by atoms with Gasteiger partial charge >= 0.3 is 0 Å². The van der Waals surface area contributed by atoms with Gasteiger partial charge in [0.15, 0.2) is 6.29 Å². The summed E-state index contributed by atoms with van der Waals surface area (Å²) in [6.07, 6.45) is 6.51. The lowest BCUT2D eigenvalue weighted by atomic mass is 10.1. The average Bonchev–Trinajstić information content (AvgIpc) is 3.30. The van der Waals surface area contributed by atoms with Crippen molar-refractivity contribution in [2.45, 2.75) is 32.6 Å². The van der Waals surface area contributed by atoms with Crippen LogP contribution in [0.3, 0.4) is 0 Å². The Balaban J connectivity index is 1.83. The van der Waals surface area contributed by atoms with Gasteiger partial charge in [-0.15, -0.1) is 0 Å². The van der Waals surface area contributed by atoms with Gasteiger partial charge in [-0.2, -0.15) is 5.10 Å². The maximum atomic E-state index is 12.3. The Morgan fingerprint density at radius 3 is 2.16 bits per heavy atom. The first kappa shape index (κ1) is 27.5. The zero-order valence-corrected chi connectivity index (χ0v) is 22.2. The van der Waals surface area contributed by atoms with E-state index in [9.17, 15) is 9.59 Å². The molecule has 0 fully saturated rings. The van der Waals surface area contributed by atoms with Crippen molar-refractivity contribution in [2.24, 2.45) is 5.73 Å². The lowest BCUT2D eigenvalue weighted by Gasteiger charge is -2.22. The topological polar surface area (TPSA) is 93.7 Å². The van der Waals surface area contributed by atoms with Crippen LogP contribution in [-0.4, -0.2) is 56.6 Å². The molecule has 0 saturated heterocycles. The van der Waals surface area contributed by atoms with Crippen LogP contribution in [0.25, 0.3) is 11.4 Å². The molecule has 0 bridgehead atoms. The van der Waals surface area contributed by atoms with E-state index in [-0.39, 0.29) is 0 Å². The fraction of sp³-hybridized carbons (Fsp3) is 0.345. The molecule has 0 unspecified atom stereocenters. The number of aldehydes is 2. The number of hydrogen-bond acceptors (Lipinski definition) is 7. The highest BCUT2D eigenvalue weighted by Gasteiger charge is 2.20. The van der Waals surface area contributed by atoms with Gasteiger partial charge in [-0.3, -0.25) is 4.79 Å². The number of unbranched alkanes of at least 4 members (excludes halogenated alkanes) is 1. The highest BCUT2D eigenvalue weighted by molar-refractivity contribution is 5.80. The second-order valence-corrected chi connectivity index (χ2v) is 8.93. The first-order valence-electron chi connectivity index (χ1n) is 12.6. The Labute approximate surface area is 219 Å². The van der Waals surface area contributed by atoms with E-state index in [0.717, 1.165) is 60.3 Å². The number of aromatic nitrogens is 2. The van der Waals surface area contributed by atoms with Crippen molar-refractivity contribution in [2.75, 3.05) is 44.1 Å². The number of nitrogens with zero attached hydrogens (tertiary/aromatic N) is 4. The minimum atomic E-state index is 0.494. The van der Waals surface area contributed by atoms with Crippen LogP contribution in [-0.2, 0) is 11.2 Å². The van der Waals surface area contributed by atoms with Crippen LogP contribution in [0.4, 0.5) is 11.4 Å². The molecule has 3 aromatic rings. The predicted octanol–water partition coefficient (Wildman–Crippen LogP) is 4.50. The van der Waals surface area contributed by atoms with Gasteiger partial charge in [0.2, 0.25) is 0 Å². The number of allylic oxidation sites excluding steroid dienone is 1. The third-order valence-corrected chi connectivity index (χ3v) is 6.39. The quantitative estimate of drug-likeness (QED) is 0.256. The molecule has 8 heteroatoms. The normalized spacial score (nSPS) is 11.3. The molecule has 0 atom stereocenters. The molecule has 37 heavy (non-hydrogen) atoms. The fourth-order valence-corrected chi connectivity index (χ4v) is 4.21. The third kappa shape index (κ3) is 6.78. The zero-order valence-electron chi connectivity index (χ0n) is 22.2. The summed E-state index contributed by atoms with van der Waals surface area (Å²) in [6.45, 7) is 3.52. The molecule has 2 aromatic carbocycles. The number of benzene rings is 2. The van der Waals surface area contributed by atoms with Crippen LogP contribution < -0.4 is 20.3 Å². The Kier molecular flexibility index (Phi) is 9.89. The van der Waals surface area contributed by atoms with Crippen LogP contribution in [0.1, 0.15) is 47.9 Å². The minimum absolute atomic E-state index is 0.494. The smallest absolute Gasteiger partial charge is 0.168 e. The molecule has 2 N–H and O–H groups in total. The Morgan fingerprint density at radius 1 is 1.00 bits per heavy atom. The number of likely N-dealkylation sites (N-methyl/N-ethyl adjacent to an activating group) is 1. The summed E-state index contributed by atoms with van der Waals surface area (Å²) in [7, 11) is 5.67. The minimum Gasteiger partial charge on any atom is -0.497 e. The number of carbonyl (C=O) groups is 2. The lowest BCUT2D eigenvalue weighted by molar-refractivity contribution is -0.107. The standard InChI is InChI=1S/C29H37N5O3/c1-5-8-27(30)29-26(28(21-36)34(31-29)24-13-15-25(37-4)16-14-24)17-19-33(3)23-11-9-22(10-12-23)32(2)18-6-7-20-35/h8-16,20-21H,5-7,17-19,30H2,1-4H3/b27-8-. The second-order valence-electron chi connectivity index (χ2n) is 8.93. The first-order chi connectivity index (χ1) is 17.9. The van der Waals surface area contributed by atoms with Gasteiger partial charge < -0.3 is 25.1 Å². The third-order valence-electron chi connectivity index (χ3n) is 6.39. The second kappa shape index (κ2) is 13.3. The summed E-state index contributed by atoms with van der Waals surface area (Å²) in [6, 6.07) is 15.8. The summed E-state index contributed by atoms with van der Waals surface area (Å²) >= 11 is 0. The SMILES string of the molecule is CC/C=C(\N)c1nn(-c2ccc(OC)cc2)c(C=O)c1CCN(C)c1ccc(N(C)CCCC=O)cc1. The van der Waals surface area contributed by atoms with Crippen molar-refractivity contribution < 1.29 is 14.3 Å². The Bertz CT molecular complexity index is 1200. The molecule has 0 saturated carbocycles. The van der Waals surface area contributed by atoms with E-state index in [1.807, 2.05) is 51.4 Å². The molecule has 0 radical (unpaired) electrons. The van der Waals surface area contributed by atoms with Gasteiger partial charge in [-0.25, -0.2) is 4.68 Å². The van der Waals surface area contributed by atoms with E-state index in [0.29, 0.717) is 36.5 Å². The molecular weight excluding hydrogens is 466 g/mol. The number of nitrogens with two attached hydrogens (primary N) is 1. The van der Waals surface area contributed by atoms with E-state index < -0.39 is 0 Å². The number of hydrogen-bond donors (Lipinski definition) is 1. The maximum Gasteiger partial charge on any atom is 0.168 e. The Morgan fingerprint density at radius 2 is 1.62 bits per heavy atom. The summed E-state index contributed by atoms with van der Waals surface area (Å²) in [5, 5.41) is 4.74. The van der Waals surface area contributed by atoms with Crippen molar-refractivity contribution in [3.63, 3.8) is 0 Å². The van der Waals surface area contributed by atoms with Crippen molar-refractivity contribution in [1.29, 1.82) is 0 Å². The van der Waals surface area contributed by atoms with Crippen molar-refractivity contribution in [3.05, 3.63) is 71.6 Å². The number of carbonyl (C=O) groups excluding carboxylic acids is 2. The van der Waals surface area contributed by atoms with Crippen molar-refractivity contribution >= 4 is 29.6 Å². The maximum absolute atomic E-state index is 12.3. The predicted molar refractivity (Wildman–Crippen MR) is 150 cm³/mol. The molecule has 8 nitrogen and oxygen atoms in total. The monoisotopic (exact) mass is 503 g/mol. The van der Waals surface area contributed by atoms with Gasteiger partial charge in [0, 0.05) is 50.5 Å². The molecule has 196 valence electrons. The van der Waals surface area contributed by atoms with Crippen LogP contribution in [0.2, 0.25) is 0 Å². The summed E-state index contributed by atoms with van der Waals surface area (Å²) in [5.74, 6) is 0.731. The summed E-state index contributed by atoms with van der Waals surface area (Å²) < 4.78 is 6.92. The average molecular weight is 504 g/mol. The van der Waals surface area contributed by atoms with Gasteiger partial charge in [0.05, 0.1) is 18.5 Å². The highest BCUT2D eigenvalue weighted by Crippen LogP contribution is 2.25. The van der Waals surface area contributed by atoms with Crippen molar-refractivity contribution in [1.82, 2.24) is 9.78 Å². The zero-order chi connectivity index (χ0) is 26.8. The summed E-state index contributed by atoms with van der Waals surface area (Å²) in [4.78, 5) is 27.1. The fourth-order valence-electron chi connectivity index (χ4n) is 4.21. The van der Waals surface area contributed by atoms with Gasteiger partial charge in [-0.1, -0.05) is 13.0 Å². The Hall–Kier alpha value is -4.07. The number of anilines is 2. The van der Waals surface area contributed by atoms with Crippen LogP contribution in [0.5, 0.6) is 5.75 Å². The number of methoxy groups -OCH3 is 1. The molecule has 1 aromatic heterocycles. The van der Waals surface area contributed by atoms with Crippen LogP contribution >= 0.6 is 0 Å². The van der Waals surface area contributed by atoms with E-state index in [1.165, 1.54) is 0 Å². The summed E-state index contributed by atoms with van der Waals surface area (Å²) in [5.41, 5.74) is 11.8. The van der Waals surface area contributed by atoms with E-state index in [1.54, 1.807) is 11.8 Å². The van der Waals surface area contributed by atoms with E-state index in [2.05, 4.69) is 34.1 Å². The number of rotatable bonds is 14. The molecule has 0 spiro atoms. The molecule has 0 amide bonds. The van der Waals surface area contributed by atoms with Crippen LogP contribution in [0, 0.1) is 0 Å². The first-order valence-corrected chi connectivity index (χ1v) is 12.6.